The van der Waals surface area contributed by atoms with Crippen LogP contribution >= 0.6 is 0 Å². The minimum absolute atomic E-state index is 0.150. The molecule has 0 radical (unpaired) electrons. The van der Waals surface area contributed by atoms with Gasteiger partial charge in [0.1, 0.15) is 6.04 Å². The van der Waals surface area contributed by atoms with Gasteiger partial charge in [0.05, 0.1) is 6.54 Å². The minimum atomic E-state index is -0.979. The second-order valence-electron chi connectivity index (χ2n) is 5.75. The van der Waals surface area contributed by atoms with Crippen LogP contribution in [0.2, 0.25) is 0 Å². The summed E-state index contributed by atoms with van der Waals surface area (Å²) in [6, 6.07) is -0.908. The van der Waals surface area contributed by atoms with Crippen molar-refractivity contribution in [1.29, 1.82) is 0 Å². The van der Waals surface area contributed by atoms with E-state index in [0.29, 0.717) is 19.4 Å². The molecule has 0 bridgehead atoms. The number of rotatable bonds is 4. The van der Waals surface area contributed by atoms with Crippen LogP contribution in [0.25, 0.3) is 0 Å². The molecule has 118 valence electrons. The number of likely N-dealkylation sites (tertiary alicyclic amines) is 1. The summed E-state index contributed by atoms with van der Waals surface area (Å²) in [5, 5.41) is 14.4. The SMILES string of the molecule is O=C(NCC(=O)N1CCC[C@@H]1C(=O)O)NC1CCCCC1. The highest BCUT2D eigenvalue weighted by Crippen LogP contribution is 2.18. The van der Waals surface area contributed by atoms with Crippen molar-refractivity contribution in [1.82, 2.24) is 15.5 Å². The van der Waals surface area contributed by atoms with Crippen LogP contribution in [0.4, 0.5) is 4.79 Å². The molecule has 1 aliphatic carbocycles. The van der Waals surface area contributed by atoms with Crippen LogP contribution in [-0.4, -0.2) is 53.1 Å². The topological polar surface area (TPSA) is 98.7 Å². The first kappa shape index (κ1) is 15.6. The van der Waals surface area contributed by atoms with Gasteiger partial charge in [-0.1, -0.05) is 19.3 Å². The molecule has 2 rings (SSSR count). The van der Waals surface area contributed by atoms with Gasteiger partial charge in [0.25, 0.3) is 0 Å². The molecule has 0 aromatic heterocycles. The number of nitrogens with zero attached hydrogens (tertiary/aromatic N) is 1. The zero-order valence-electron chi connectivity index (χ0n) is 12.1. The van der Waals surface area contributed by atoms with Gasteiger partial charge in [-0.15, -0.1) is 0 Å². The molecule has 1 atom stereocenters. The normalized spacial score (nSPS) is 22.9. The zero-order valence-corrected chi connectivity index (χ0v) is 12.1. The maximum atomic E-state index is 12.0. The van der Waals surface area contributed by atoms with Gasteiger partial charge in [0, 0.05) is 12.6 Å². The fourth-order valence-corrected chi connectivity index (χ4v) is 3.06. The molecular formula is C14H23N3O4. The first-order chi connectivity index (χ1) is 10.1. The van der Waals surface area contributed by atoms with E-state index in [4.69, 9.17) is 5.11 Å². The highest BCUT2D eigenvalue weighted by atomic mass is 16.4. The van der Waals surface area contributed by atoms with Gasteiger partial charge in [-0.05, 0) is 25.7 Å². The molecule has 1 saturated carbocycles. The minimum Gasteiger partial charge on any atom is -0.480 e. The van der Waals surface area contributed by atoms with E-state index >= 15 is 0 Å². The Morgan fingerprint density at radius 3 is 2.43 bits per heavy atom. The number of carbonyl (C=O) groups excluding carboxylic acids is 2. The summed E-state index contributed by atoms with van der Waals surface area (Å²) < 4.78 is 0. The van der Waals surface area contributed by atoms with Crippen molar-refractivity contribution in [2.24, 2.45) is 0 Å². The largest absolute Gasteiger partial charge is 0.480 e. The number of carboxylic acids is 1. The number of urea groups is 1. The van der Waals surface area contributed by atoms with E-state index in [9.17, 15) is 14.4 Å². The van der Waals surface area contributed by atoms with E-state index in [1.54, 1.807) is 0 Å². The average molecular weight is 297 g/mol. The van der Waals surface area contributed by atoms with Gasteiger partial charge in [-0.3, -0.25) is 4.79 Å². The number of hydrogen-bond acceptors (Lipinski definition) is 3. The third-order valence-electron chi connectivity index (χ3n) is 4.20. The molecule has 1 aliphatic heterocycles. The number of aliphatic carboxylic acids is 1. The molecule has 7 nitrogen and oxygen atoms in total. The third kappa shape index (κ3) is 4.34. The predicted octanol–water partition coefficient (Wildman–Crippen LogP) is 0.694. The summed E-state index contributed by atoms with van der Waals surface area (Å²) in [4.78, 5) is 36.1. The maximum absolute atomic E-state index is 12.0. The summed E-state index contributed by atoms with van der Waals surface area (Å²) in [7, 11) is 0. The van der Waals surface area contributed by atoms with E-state index in [0.717, 1.165) is 25.7 Å². The van der Waals surface area contributed by atoms with Crippen LogP contribution in [-0.2, 0) is 9.59 Å². The van der Waals surface area contributed by atoms with Crippen LogP contribution in [0.15, 0.2) is 0 Å². The Hall–Kier alpha value is -1.79. The Bertz CT molecular complexity index is 407. The molecule has 2 aliphatic rings. The van der Waals surface area contributed by atoms with E-state index < -0.39 is 12.0 Å². The van der Waals surface area contributed by atoms with E-state index in [-0.39, 0.29) is 24.5 Å². The van der Waals surface area contributed by atoms with Crippen LogP contribution in [0.1, 0.15) is 44.9 Å². The molecule has 1 saturated heterocycles. The van der Waals surface area contributed by atoms with Crippen molar-refractivity contribution in [3.63, 3.8) is 0 Å². The van der Waals surface area contributed by atoms with Crippen LogP contribution in [0.5, 0.6) is 0 Å². The van der Waals surface area contributed by atoms with Gasteiger partial charge < -0.3 is 20.6 Å². The second-order valence-corrected chi connectivity index (χ2v) is 5.75. The molecular weight excluding hydrogens is 274 g/mol. The lowest BCUT2D eigenvalue weighted by atomic mass is 9.96. The quantitative estimate of drug-likeness (QED) is 0.711. The van der Waals surface area contributed by atoms with E-state index in [2.05, 4.69) is 10.6 Å². The van der Waals surface area contributed by atoms with Crippen molar-refractivity contribution in [3.8, 4) is 0 Å². The van der Waals surface area contributed by atoms with Crippen molar-refractivity contribution >= 4 is 17.9 Å². The molecule has 0 aromatic rings. The maximum Gasteiger partial charge on any atom is 0.326 e. The number of nitrogens with one attached hydrogen (secondary N) is 2. The fraction of sp³-hybridized carbons (Fsp3) is 0.786. The fourth-order valence-electron chi connectivity index (χ4n) is 3.06. The molecule has 3 amide bonds. The summed E-state index contributed by atoms with van der Waals surface area (Å²) in [6.07, 6.45) is 6.59. The third-order valence-corrected chi connectivity index (χ3v) is 4.20. The van der Waals surface area contributed by atoms with Crippen molar-refractivity contribution < 1.29 is 19.5 Å². The molecule has 2 fully saturated rings. The average Bonchev–Trinajstić information content (AvgIpc) is 2.95. The summed E-state index contributed by atoms with van der Waals surface area (Å²) in [5.41, 5.74) is 0. The van der Waals surface area contributed by atoms with E-state index in [1.165, 1.54) is 11.3 Å². The van der Waals surface area contributed by atoms with Gasteiger partial charge in [-0.2, -0.15) is 0 Å². The van der Waals surface area contributed by atoms with Crippen molar-refractivity contribution in [2.45, 2.75) is 57.0 Å². The highest BCUT2D eigenvalue weighted by molar-refractivity contribution is 5.88. The molecule has 0 aromatic carbocycles. The van der Waals surface area contributed by atoms with Gasteiger partial charge >= 0.3 is 12.0 Å². The highest BCUT2D eigenvalue weighted by Gasteiger charge is 2.33. The standard InChI is InChI=1S/C14H23N3O4/c18-12(17-8-4-7-11(17)13(19)20)9-15-14(21)16-10-5-2-1-3-6-10/h10-11H,1-9H2,(H,19,20)(H2,15,16,21)/t11-/m1/s1. The first-order valence-electron chi connectivity index (χ1n) is 7.64. The van der Waals surface area contributed by atoms with Crippen molar-refractivity contribution in [2.75, 3.05) is 13.1 Å². The predicted molar refractivity (Wildman–Crippen MR) is 75.8 cm³/mol. The second kappa shape index (κ2) is 7.28. The lowest BCUT2D eigenvalue weighted by Gasteiger charge is -2.24. The van der Waals surface area contributed by atoms with Gasteiger partial charge in [-0.25, -0.2) is 9.59 Å². The monoisotopic (exact) mass is 297 g/mol. The lowest BCUT2D eigenvalue weighted by molar-refractivity contribution is -0.147. The molecule has 3 N–H and O–H groups in total. The zero-order chi connectivity index (χ0) is 15.2. The summed E-state index contributed by atoms with van der Waals surface area (Å²) in [5.74, 6) is -1.31. The lowest BCUT2D eigenvalue weighted by Crippen LogP contribution is -2.49. The number of amides is 3. The number of carbonyl (C=O) groups is 3. The Labute approximate surface area is 124 Å². The smallest absolute Gasteiger partial charge is 0.326 e. The van der Waals surface area contributed by atoms with Crippen molar-refractivity contribution in [3.05, 3.63) is 0 Å². The first-order valence-corrected chi connectivity index (χ1v) is 7.64. The van der Waals surface area contributed by atoms with Gasteiger partial charge in [0.2, 0.25) is 5.91 Å². The number of carboxylic acid groups (broad SMARTS) is 1. The molecule has 7 heteroatoms. The summed E-state index contributed by atoms with van der Waals surface area (Å²) in [6.45, 7) is 0.296. The number of hydrogen-bond donors (Lipinski definition) is 3. The Morgan fingerprint density at radius 1 is 1.05 bits per heavy atom. The molecule has 21 heavy (non-hydrogen) atoms. The van der Waals surface area contributed by atoms with Crippen LogP contribution in [0.3, 0.4) is 0 Å². The van der Waals surface area contributed by atoms with Gasteiger partial charge in [0.15, 0.2) is 0 Å². The molecule has 0 unspecified atom stereocenters. The van der Waals surface area contributed by atoms with E-state index in [1.807, 2.05) is 0 Å². The Morgan fingerprint density at radius 2 is 1.76 bits per heavy atom. The Kier molecular flexibility index (Phi) is 5.41. The summed E-state index contributed by atoms with van der Waals surface area (Å²) >= 11 is 0. The van der Waals surface area contributed by atoms with Crippen LogP contribution in [0, 0.1) is 0 Å². The molecule has 0 spiro atoms. The van der Waals surface area contributed by atoms with Crippen LogP contribution < -0.4 is 10.6 Å². The molecule has 1 heterocycles. The Balaban J connectivity index is 1.72.